The van der Waals surface area contributed by atoms with Crippen LogP contribution in [0.2, 0.25) is 0 Å². The molecular formula is C15H17N5O. The van der Waals surface area contributed by atoms with E-state index in [-0.39, 0.29) is 0 Å². The van der Waals surface area contributed by atoms with Crippen molar-refractivity contribution in [3.8, 4) is 11.3 Å². The first-order valence-electron chi connectivity index (χ1n) is 6.96. The molecule has 0 aliphatic carbocycles. The molecule has 2 aromatic heterocycles. The average Bonchev–Trinajstić information content (AvgIpc) is 3.17. The Morgan fingerprint density at radius 2 is 2.05 bits per heavy atom. The number of nitrogens with zero attached hydrogens (tertiary/aromatic N) is 4. The normalized spacial score (nSPS) is 12.5. The van der Waals surface area contributed by atoms with Crippen LogP contribution in [0.3, 0.4) is 0 Å². The fourth-order valence-electron chi connectivity index (χ4n) is 2.36. The summed E-state index contributed by atoms with van der Waals surface area (Å²) in [4.78, 5) is 0. The molecule has 108 valence electrons. The Morgan fingerprint density at radius 1 is 1.24 bits per heavy atom. The monoisotopic (exact) mass is 283 g/mol. The van der Waals surface area contributed by atoms with Crippen molar-refractivity contribution in [3.63, 3.8) is 0 Å². The number of aromatic amines is 1. The van der Waals surface area contributed by atoms with Crippen molar-refractivity contribution >= 4 is 0 Å². The molecule has 0 bridgehead atoms. The molecule has 0 fully saturated rings. The third-order valence-corrected chi connectivity index (χ3v) is 3.39. The topological polar surface area (TPSA) is 79.6 Å². The highest BCUT2D eigenvalue weighted by Gasteiger charge is 2.21. The number of rotatable bonds is 5. The van der Waals surface area contributed by atoms with Gasteiger partial charge in [-0.3, -0.25) is 5.10 Å². The van der Waals surface area contributed by atoms with Crippen LogP contribution in [0, 0.1) is 0 Å². The zero-order valence-corrected chi connectivity index (χ0v) is 11.8. The minimum absolute atomic E-state index is 0.676. The molecule has 2 N–H and O–H groups in total. The number of benzene rings is 1. The van der Waals surface area contributed by atoms with Crippen LogP contribution < -0.4 is 0 Å². The third kappa shape index (κ3) is 2.57. The molecule has 0 radical (unpaired) electrons. The Kier molecular flexibility index (Phi) is 3.79. The maximum atomic E-state index is 10.7. The van der Waals surface area contributed by atoms with Gasteiger partial charge in [0, 0.05) is 12.1 Å². The highest BCUT2D eigenvalue weighted by atomic mass is 16.3. The summed E-state index contributed by atoms with van der Waals surface area (Å²) in [5, 5.41) is 25.6. The SMILES string of the molecule is CCCn1nncc1C(O)c1cn[nH]c1-c1ccccc1. The Balaban J connectivity index is 1.98. The molecule has 0 aliphatic heterocycles. The van der Waals surface area contributed by atoms with Gasteiger partial charge in [-0.1, -0.05) is 42.5 Å². The van der Waals surface area contributed by atoms with E-state index in [9.17, 15) is 5.11 Å². The number of nitrogens with one attached hydrogen (secondary N) is 1. The Bertz CT molecular complexity index is 704. The lowest BCUT2D eigenvalue weighted by atomic mass is 10.0. The van der Waals surface area contributed by atoms with Crippen molar-refractivity contribution in [1.29, 1.82) is 0 Å². The lowest BCUT2D eigenvalue weighted by Crippen LogP contribution is -2.10. The van der Waals surface area contributed by atoms with E-state index in [1.54, 1.807) is 17.1 Å². The van der Waals surface area contributed by atoms with Gasteiger partial charge in [0.2, 0.25) is 0 Å². The van der Waals surface area contributed by atoms with Crippen molar-refractivity contribution in [2.45, 2.75) is 26.0 Å². The predicted octanol–water partition coefficient (Wildman–Crippen LogP) is 2.16. The maximum absolute atomic E-state index is 10.7. The van der Waals surface area contributed by atoms with Gasteiger partial charge in [0.25, 0.3) is 0 Å². The number of H-pyrrole nitrogens is 1. The number of hydrogen-bond acceptors (Lipinski definition) is 4. The summed E-state index contributed by atoms with van der Waals surface area (Å²) in [5.74, 6) is 0. The second-order valence-corrected chi connectivity index (χ2v) is 4.85. The Labute approximate surface area is 122 Å². The van der Waals surface area contributed by atoms with Crippen LogP contribution in [-0.4, -0.2) is 30.3 Å². The number of hydrogen-bond donors (Lipinski definition) is 2. The number of aromatic nitrogens is 5. The zero-order chi connectivity index (χ0) is 14.7. The molecule has 6 heteroatoms. The van der Waals surface area contributed by atoms with Crippen LogP contribution >= 0.6 is 0 Å². The lowest BCUT2D eigenvalue weighted by Gasteiger charge is -2.12. The first-order valence-corrected chi connectivity index (χ1v) is 6.96. The summed E-state index contributed by atoms with van der Waals surface area (Å²) >= 11 is 0. The molecule has 21 heavy (non-hydrogen) atoms. The second-order valence-electron chi connectivity index (χ2n) is 4.85. The number of aliphatic hydroxyl groups excluding tert-OH is 1. The minimum atomic E-state index is -0.805. The molecule has 1 unspecified atom stereocenters. The molecule has 1 atom stereocenters. The highest BCUT2D eigenvalue weighted by Crippen LogP contribution is 2.29. The molecule has 0 spiro atoms. The van der Waals surface area contributed by atoms with E-state index in [4.69, 9.17) is 0 Å². The third-order valence-electron chi connectivity index (χ3n) is 3.39. The fraction of sp³-hybridized carbons (Fsp3) is 0.267. The van der Waals surface area contributed by atoms with E-state index in [1.807, 2.05) is 30.3 Å². The smallest absolute Gasteiger partial charge is 0.126 e. The van der Waals surface area contributed by atoms with Crippen LogP contribution in [0.5, 0.6) is 0 Å². The molecule has 0 aliphatic rings. The van der Waals surface area contributed by atoms with Crippen molar-refractivity contribution in [1.82, 2.24) is 25.2 Å². The largest absolute Gasteiger partial charge is 0.382 e. The van der Waals surface area contributed by atoms with E-state index in [1.165, 1.54) is 0 Å². The zero-order valence-electron chi connectivity index (χ0n) is 11.8. The molecular weight excluding hydrogens is 266 g/mol. The van der Waals surface area contributed by atoms with Gasteiger partial charge in [0.1, 0.15) is 6.10 Å². The van der Waals surface area contributed by atoms with E-state index in [0.29, 0.717) is 5.69 Å². The molecule has 2 heterocycles. The highest BCUT2D eigenvalue weighted by molar-refractivity contribution is 5.63. The van der Waals surface area contributed by atoms with Gasteiger partial charge in [0.05, 0.1) is 23.8 Å². The first kappa shape index (κ1) is 13.5. The van der Waals surface area contributed by atoms with E-state index in [0.717, 1.165) is 29.8 Å². The summed E-state index contributed by atoms with van der Waals surface area (Å²) in [5.41, 5.74) is 3.20. The molecule has 0 amide bonds. The van der Waals surface area contributed by atoms with Crippen LogP contribution in [-0.2, 0) is 6.54 Å². The van der Waals surface area contributed by atoms with Gasteiger partial charge in [-0.15, -0.1) is 5.10 Å². The molecule has 1 aromatic carbocycles. The van der Waals surface area contributed by atoms with Gasteiger partial charge in [-0.05, 0) is 12.0 Å². The summed E-state index contributed by atoms with van der Waals surface area (Å²) in [7, 11) is 0. The Morgan fingerprint density at radius 3 is 2.81 bits per heavy atom. The summed E-state index contributed by atoms with van der Waals surface area (Å²) in [6.45, 7) is 2.79. The van der Waals surface area contributed by atoms with E-state index < -0.39 is 6.10 Å². The van der Waals surface area contributed by atoms with Crippen LogP contribution in [0.25, 0.3) is 11.3 Å². The number of aryl methyl sites for hydroxylation is 1. The van der Waals surface area contributed by atoms with Crippen LogP contribution in [0.4, 0.5) is 0 Å². The van der Waals surface area contributed by atoms with Gasteiger partial charge >= 0.3 is 0 Å². The quantitative estimate of drug-likeness (QED) is 0.752. The second kappa shape index (κ2) is 5.88. The molecule has 3 rings (SSSR count). The fourth-order valence-corrected chi connectivity index (χ4v) is 2.36. The van der Waals surface area contributed by atoms with Gasteiger partial charge in [-0.2, -0.15) is 5.10 Å². The molecule has 0 saturated heterocycles. The Hall–Kier alpha value is -2.47. The molecule has 6 nitrogen and oxygen atoms in total. The van der Waals surface area contributed by atoms with E-state index >= 15 is 0 Å². The van der Waals surface area contributed by atoms with E-state index in [2.05, 4.69) is 27.4 Å². The number of aliphatic hydroxyl groups is 1. The first-order chi connectivity index (χ1) is 10.3. The summed E-state index contributed by atoms with van der Waals surface area (Å²) < 4.78 is 1.73. The predicted molar refractivity (Wildman–Crippen MR) is 78.4 cm³/mol. The van der Waals surface area contributed by atoms with Crippen molar-refractivity contribution < 1.29 is 5.11 Å². The van der Waals surface area contributed by atoms with Gasteiger partial charge < -0.3 is 5.11 Å². The minimum Gasteiger partial charge on any atom is -0.382 e. The van der Waals surface area contributed by atoms with Gasteiger partial charge in [0.15, 0.2) is 0 Å². The van der Waals surface area contributed by atoms with Crippen molar-refractivity contribution in [2.24, 2.45) is 0 Å². The van der Waals surface area contributed by atoms with Crippen molar-refractivity contribution in [2.75, 3.05) is 0 Å². The standard InChI is InChI=1S/C15H17N5O/c1-2-8-20-13(10-17-19-20)15(21)12-9-16-18-14(12)11-6-4-3-5-7-11/h3-7,9-10,15,21H,2,8H2,1H3,(H,16,18). The van der Waals surface area contributed by atoms with Crippen LogP contribution in [0.15, 0.2) is 42.7 Å². The van der Waals surface area contributed by atoms with Crippen LogP contribution in [0.1, 0.15) is 30.7 Å². The van der Waals surface area contributed by atoms with Crippen molar-refractivity contribution in [3.05, 3.63) is 54.0 Å². The lowest BCUT2D eigenvalue weighted by molar-refractivity contribution is 0.208. The average molecular weight is 283 g/mol. The van der Waals surface area contributed by atoms with Gasteiger partial charge in [-0.25, -0.2) is 4.68 Å². The molecule has 0 saturated carbocycles. The maximum Gasteiger partial charge on any atom is 0.126 e. The molecule has 3 aromatic rings. The summed E-state index contributed by atoms with van der Waals surface area (Å²) in [6.07, 6.45) is 3.37. The summed E-state index contributed by atoms with van der Waals surface area (Å²) in [6, 6.07) is 9.82.